The summed E-state index contributed by atoms with van der Waals surface area (Å²) in [5.74, 6) is -0.471. The second kappa shape index (κ2) is 8.70. The zero-order valence-electron chi connectivity index (χ0n) is 16.1. The summed E-state index contributed by atoms with van der Waals surface area (Å²) < 4.78 is 32.4. The van der Waals surface area contributed by atoms with Crippen LogP contribution in [-0.4, -0.2) is 37.2 Å². The second-order valence-electron chi connectivity index (χ2n) is 6.13. The fraction of sp³-hybridized carbons (Fsp3) is 0.100. The highest BCUT2D eigenvalue weighted by Crippen LogP contribution is 2.22. The van der Waals surface area contributed by atoms with Gasteiger partial charge in [-0.2, -0.15) is 0 Å². The second-order valence-corrected chi connectivity index (χ2v) is 7.81. The van der Waals surface area contributed by atoms with Crippen LogP contribution in [-0.2, 0) is 10.0 Å². The molecule has 0 bridgehead atoms. The van der Waals surface area contributed by atoms with Gasteiger partial charge in [0.2, 0.25) is 5.82 Å². The molecule has 2 N–H and O–H groups in total. The van der Waals surface area contributed by atoms with E-state index in [1.54, 1.807) is 24.3 Å². The predicted molar refractivity (Wildman–Crippen MR) is 110 cm³/mol. The molecule has 0 aliphatic heterocycles. The SMILES string of the molecule is COc1nccnc1NS(=O)(=O)c1ccc(NC(=O)c2ccc(C(C)=O)cc2)cc1. The molecule has 0 unspecified atom stereocenters. The summed E-state index contributed by atoms with van der Waals surface area (Å²) in [4.78, 5) is 31.4. The molecule has 0 spiro atoms. The maximum absolute atomic E-state index is 12.6. The summed E-state index contributed by atoms with van der Waals surface area (Å²) in [5, 5.41) is 2.67. The topological polar surface area (TPSA) is 127 Å². The molecule has 0 radical (unpaired) electrons. The fourth-order valence-electron chi connectivity index (χ4n) is 2.51. The van der Waals surface area contributed by atoms with Gasteiger partial charge in [-0.3, -0.25) is 14.3 Å². The Balaban J connectivity index is 1.72. The number of rotatable bonds is 7. The van der Waals surface area contributed by atoms with Crippen LogP contribution in [0.25, 0.3) is 0 Å². The summed E-state index contributed by atoms with van der Waals surface area (Å²) in [6.45, 7) is 1.44. The quantitative estimate of drug-likeness (QED) is 0.556. The molecule has 0 aliphatic carbocycles. The third-order valence-corrected chi connectivity index (χ3v) is 5.42. The van der Waals surface area contributed by atoms with Crippen molar-refractivity contribution in [3.8, 4) is 5.88 Å². The average Bonchev–Trinajstić information content (AvgIpc) is 2.74. The molecule has 0 atom stereocenters. The van der Waals surface area contributed by atoms with Gasteiger partial charge in [0.15, 0.2) is 5.78 Å². The highest BCUT2D eigenvalue weighted by molar-refractivity contribution is 7.92. The lowest BCUT2D eigenvalue weighted by Gasteiger charge is -2.10. The number of sulfonamides is 1. The Morgan fingerprint density at radius 1 is 0.900 bits per heavy atom. The van der Waals surface area contributed by atoms with E-state index in [1.807, 2.05) is 0 Å². The third-order valence-electron chi connectivity index (χ3n) is 4.07. The van der Waals surface area contributed by atoms with E-state index >= 15 is 0 Å². The molecule has 0 fully saturated rings. The van der Waals surface area contributed by atoms with Gasteiger partial charge in [-0.25, -0.2) is 18.4 Å². The minimum Gasteiger partial charge on any atom is -0.478 e. The van der Waals surface area contributed by atoms with E-state index in [2.05, 4.69) is 20.0 Å². The van der Waals surface area contributed by atoms with Crippen molar-refractivity contribution in [1.82, 2.24) is 9.97 Å². The van der Waals surface area contributed by atoms with E-state index in [0.29, 0.717) is 16.8 Å². The molecule has 1 heterocycles. The van der Waals surface area contributed by atoms with Crippen molar-refractivity contribution >= 4 is 33.2 Å². The predicted octanol–water partition coefficient (Wildman–Crippen LogP) is 2.74. The smallest absolute Gasteiger partial charge is 0.263 e. The van der Waals surface area contributed by atoms with Crippen LogP contribution in [0.5, 0.6) is 5.88 Å². The molecule has 9 nitrogen and oxygen atoms in total. The lowest BCUT2D eigenvalue weighted by Crippen LogP contribution is -2.15. The number of anilines is 2. The van der Waals surface area contributed by atoms with Gasteiger partial charge in [-0.05, 0) is 43.3 Å². The first-order valence-electron chi connectivity index (χ1n) is 8.70. The molecule has 3 rings (SSSR count). The molecule has 3 aromatic rings. The van der Waals surface area contributed by atoms with Crippen LogP contribution >= 0.6 is 0 Å². The van der Waals surface area contributed by atoms with E-state index in [0.717, 1.165) is 0 Å². The number of carbonyl (C=O) groups is 2. The molecule has 154 valence electrons. The molecule has 1 amide bonds. The molecule has 0 saturated heterocycles. The number of Topliss-reactive ketones (excluding diaryl/α,β-unsaturated/α-hetero) is 1. The summed E-state index contributed by atoms with van der Waals surface area (Å²) in [5.41, 5.74) is 1.29. The Labute approximate surface area is 173 Å². The first-order chi connectivity index (χ1) is 14.3. The Morgan fingerprint density at radius 2 is 1.50 bits per heavy atom. The highest BCUT2D eigenvalue weighted by Gasteiger charge is 2.18. The summed E-state index contributed by atoms with van der Waals surface area (Å²) >= 11 is 0. The van der Waals surface area contributed by atoms with Crippen LogP contribution in [0.2, 0.25) is 0 Å². The van der Waals surface area contributed by atoms with Crippen LogP contribution in [0.15, 0.2) is 65.8 Å². The fourth-order valence-corrected chi connectivity index (χ4v) is 3.51. The standard InChI is InChI=1S/C20H18N4O5S/c1-13(25)14-3-5-15(6-4-14)19(26)23-16-7-9-17(10-8-16)30(27,28)24-18-20(29-2)22-12-11-21-18/h3-12H,1-2H3,(H,21,24)(H,23,26). The van der Waals surface area contributed by atoms with Crippen molar-refractivity contribution in [2.24, 2.45) is 0 Å². The van der Waals surface area contributed by atoms with Gasteiger partial charge in [0.25, 0.3) is 21.8 Å². The number of carbonyl (C=O) groups excluding carboxylic acids is 2. The molecule has 10 heteroatoms. The maximum Gasteiger partial charge on any atom is 0.263 e. The zero-order chi connectivity index (χ0) is 21.7. The average molecular weight is 426 g/mol. The molecule has 0 saturated carbocycles. The van der Waals surface area contributed by atoms with Gasteiger partial charge in [-0.1, -0.05) is 12.1 Å². The number of aromatic nitrogens is 2. The van der Waals surface area contributed by atoms with Crippen LogP contribution in [0.4, 0.5) is 11.5 Å². The van der Waals surface area contributed by atoms with Crippen LogP contribution in [0, 0.1) is 0 Å². The van der Waals surface area contributed by atoms with Crippen molar-refractivity contribution in [2.75, 3.05) is 17.1 Å². The zero-order valence-corrected chi connectivity index (χ0v) is 16.9. The van der Waals surface area contributed by atoms with Crippen LogP contribution in [0.1, 0.15) is 27.6 Å². The molecule has 30 heavy (non-hydrogen) atoms. The molecule has 2 aromatic carbocycles. The van der Waals surface area contributed by atoms with Gasteiger partial charge >= 0.3 is 0 Å². The van der Waals surface area contributed by atoms with Crippen molar-refractivity contribution < 1.29 is 22.7 Å². The monoisotopic (exact) mass is 426 g/mol. The number of amides is 1. The van der Waals surface area contributed by atoms with Gasteiger partial charge in [0.05, 0.1) is 12.0 Å². The number of hydrogen-bond donors (Lipinski definition) is 2. The molecule has 0 aliphatic rings. The number of ketones is 1. The minimum atomic E-state index is -3.93. The Kier molecular flexibility index (Phi) is 6.07. The van der Waals surface area contributed by atoms with Gasteiger partial charge < -0.3 is 10.1 Å². The normalized spacial score (nSPS) is 10.9. The minimum absolute atomic E-state index is 0.0287. The number of nitrogens with zero attached hydrogens (tertiary/aromatic N) is 2. The summed E-state index contributed by atoms with van der Waals surface area (Å²) in [6, 6.07) is 11.8. The number of ether oxygens (including phenoxy) is 1. The van der Waals surface area contributed by atoms with E-state index in [4.69, 9.17) is 4.74 Å². The summed E-state index contributed by atoms with van der Waals surface area (Å²) in [6.07, 6.45) is 2.71. The number of benzene rings is 2. The Hall–Kier alpha value is -3.79. The highest BCUT2D eigenvalue weighted by atomic mass is 32.2. The lowest BCUT2D eigenvalue weighted by atomic mass is 10.1. The van der Waals surface area contributed by atoms with Crippen molar-refractivity contribution in [3.05, 3.63) is 72.1 Å². The number of methoxy groups -OCH3 is 1. The van der Waals surface area contributed by atoms with Crippen LogP contribution < -0.4 is 14.8 Å². The van der Waals surface area contributed by atoms with Gasteiger partial charge in [0, 0.05) is 29.2 Å². The lowest BCUT2D eigenvalue weighted by molar-refractivity contribution is 0.101. The Morgan fingerprint density at radius 3 is 2.10 bits per heavy atom. The van der Waals surface area contributed by atoms with Crippen molar-refractivity contribution in [2.45, 2.75) is 11.8 Å². The first-order valence-corrected chi connectivity index (χ1v) is 10.2. The van der Waals surface area contributed by atoms with Crippen molar-refractivity contribution in [1.29, 1.82) is 0 Å². The largest absolute Gasteiger partial charge is 0.478 e. The van der Waals surface area contributed by atoms with Crippen molar-refractivity contribution in [3.63, 3.8) is 0 Å². The maximum atomic E-state index is 12.6. The Bertz CT molecular complexity index is 1180. The first kappa shape index (κ1) is 20.9. The van der Waals surface area contributed by atoms with E-state index < -0.39 is 10.0 Å². The number of hydrogen-bond acceptors (Lipinski definition) is 7. The molecule has 1 aromatic heterocycles. The van der Waals surface area contributed by atoms with Gasteiger partial charge in [-0.15, -0.1) is 0 Å². The summed E-state index contributed by atoms with van der Waals surface area (Å²) in [7, 11) is -2.58. The van der Waals surface area contributed by atoms with E-state index in [-0.39, 0.29) is 28.3 Å². The number of nitrogens with one attached hydrogen (secondary N) is 2. The molecular weight excluding hydrogens is 408 g/mol. The third kappa shape index (κ3) is 4.78. The van der Waals surface area contributed by atoms with Gasteiger partial charge in [0.1, 0.15) is 0 Å². The molecular formula is C20H18N4O5S. The van der Waals surface area contributed by atoms with E-state index in [1.165, 1.54) is 50.7 Å². The van der Waals surface area contributed by atoms with E-state index in [9.17, 15) is 18.0 Å². The van der Waals surface area contributed by atoms with Crippen LogP contribution in [0.3, 0.4) is 0 Å².